The maximum absolute atomic E-state index is 11.7. The van der Waals surface area contributed by atoms with Crippen LogP contribution in [0.4, 0.5) is 0 Å². The van der Waals surface area contributed by atoms with Gasteiger partial charge in [-0.1, -0.05) is 12.1 Å². The number of aromatic amines is 1. The van der Waals surface area contributed by atoms with Crippen molar-refractivity contribution in [3.63, 3.8) is 0 Å². The lowest BCUT2D eigenvalue weighted by Gasteiger charge is -2.31. The number of imidazole rings is 1. The number of rotatable bonds is 5. The molecule has 0 saturated heterocycles. The zero-order valence-electron chi connectivity index (χ0n) is 14.3. The number of benzene rings is 1. The van der Waals surface area contributed by atoms with Crippen LogP contribution in [0.15, 0.2) is 43.0 Å². The van der Waals surface area contributed by atoms with Crippen molar-refractivity contribution in [3.05, 3.63) is 59.9 Å². The van der Waals surface area contributed by atoms with Crippen molar-refractivity contribution in [1.29, 1.82) is 0 Å². The van der Waals surface area contributed by atoms with Gasteiger partial charge in [-0.2, -0.15) is 5.10 Å². The van der Waals surface area contributed by atoms with Gasteiger partial charge in [0.25, 0.3) is 0 Å². The number of aromatic nitrogens is 4. The van der Waals surface area contributed by atoms with Crippen molar-refractivity contribution >= 4 is 5.97 Å². The van der Waals surface area contributed by atoms with Crippen molar-refractivity contribution in [2.45, 2.75) is 25.6 Å². The molecule has 0 unspecified atom stereocenters. The van der Waals surface area contributed by atoms with Crippen LogP contribution in [0.1, 0.15) is 17.0 Å². The van der Waals surface area contributed by atoms with E-state index in [2.05, 4.69) is 15.1 Å². The fourth-order valence-electron chi connectivity index (χ4n) is 3.32. The first kappa shape index (κ1) is 16.3. The Morgan fingerprint density at radius 2 is 2.27 bits per heavy atom. The number of carbonyl (C=O) groups is 1. The number of hydrogen-bond acceptors (Lipinski definition) is 5. The monoisotopic (exact) mass is 353 g/mol. The van der Waals surface area contributed by atoms with Gasteiger partial charge >= 0.3 is 5.97 Å². The number of fused-ring (bicyclic) bond motifs is 1. The van der Waals surface area contributed by atoms with Gasteiger partial charge in [0.05, 0.1) is 31.0 Å². The van der Waals surface area contributed by atoms with Crippen molar-refractivity contribution in [2.24, 2.45) is 0 Å². The fourth-order valence-corrected chi connectivity index (χ4v) is 3.32. The van der Waals surface area contributed by atoms with Gasteiger partial charge in [-0.05, 0) is 12.1 Å². The zero-order valence-corrected chi connectivity index (χ0v) is 14.3. The number of nitrogens with zero attached hydrogens (tertiary/aromatic N) is 4. The Balaban J connectivity index is 1.58. The van der Waals surface area contributed by atoms with E-state index in [1.165, 1.54) is 0 Å². The van der Waals surface area contributed by atoms with E-state index in [-0.39, 0.29) is 0 Å². The summed E-state index contributed by atoms with van der Waals surface area (Å²) in [4.78, 5) is 20.9. The molecule has 2 N–H and O–H groups in total. The molecule has 1 atom stereocenters. The van der Waals surface area contributed by atoms with Crippen LogP contribution in [0.3, 0.4) is 0 Å². The van der Waals surface area contributed by atoms with Gasteiger partial charge in [0.2, 0.25) is 0 Å². The van der Waals surface area contributed by atoms with Crippen LogP contribution in [0, 0.1) is 0 Å². The first-order valence-electron chi connectivity index (χ1n) is 8.30. The Morgan fingerprint density at radius 1 is 1.42 bits per heavy atom. The normalized spacial score (nSPS) is 17.0. The van der Waals surface area contributed by atoms with Crippen LogP contribution >= 0.6 is 0 Å². The first-order chi connectivity index (χ1) is 12.7. The number of carboxylic acids is 1. The molecule has 4 rings (SSSR count). The molecule has 26 heavy (non-hydrogen) atoms. The Morgan fingerprint density at radius 3 is 3.08 bits per heavy atom. The molecule has 0 amide bonds. The van der Waals surface area contributed by atoms with Crippen LogP contribution in [-0.4, -0.2) is 48.9 Å². The Labute approximate surface area is 150 Å². The summed E-state index contributed by atoms with van der Waals surface area (Å²) in [6.45, 7) is 1.01. The topological polar surface area (TPSA) is 96.3 Å². The molecule has 0 bridgehead atoms. The molecule has 2 aromatic heterocycles. The molecule has 0 radical (unpaired) electrons. The van der Waals surface area contributed by atoms with E-state index >= 15 is 0 Å². The summed E-state index contributed by atoms with van der Waals surface area (Å²) in [6.07, 6.45) is 5.68. The zero-order chi connectivity index (χ0) is 18.1. The van der Waals surface area contributed by atoms with E-state index in [1.807, 2.05) is 35.4 Å². The molecule has 1 aromatic carbocycles. The number of ether oxygens (including phenoxy) is 1. The van der Waals surface area contributed by atoms with Gasteiger partial charge in [-0.25, -0.2) is 9.67 Å². The predicted octanol–water partition coefficient (Wildman–Crippen LogP) is 1.62. The predicted molar refractivity (Wildman–Crippen MR) is 93.1 cm³/mol. The highest BCUT2D eigenvalue weighted by molar-refractivity contribution is 5.74. The van der Waals surface area contributed by atoms with Crippen molar-refractivity contribution < 1.29 is 14.6 Å². The van der Waals surface area contributed by atoms with E-state index in [9.17, 15) is 9.90 Å². The lowest BCUT2D eigenvalue weighted by molar-refractivity contribution is -0.144. The molecular weight excluding hydrogens is 334 g/mol. The average Bonchev–Trinajstić information content (AvgIpc) is 3.29. The smallest absolute Gasteiger partial charge is 0.321 e. The number of para-hydroxylation sites is 2. The number of hydrogen-bond donors (Lipinski definition) is 2. The van der Waals surface area contributed by atoms with Gasteiger partial charge in [-0.3, -0.25) is 9.69 Å². The van der Waals surface area contributed by atoms with E-state index in [4.69, 9.17) is 4.74 Å². The number of carboxylic acid groups (broad SMARTS) is 1. The molecular formula is C18H19N5O3. The highest BCUT2D eigenvalue weighted by Crippen LogP contribution is 2.25. The highest BCUT2D eigenvalue weighted by Gasteiger charge is 2.33. The summed E-state index contributed by atoms with van der Waals surface area (Å²) in [5, 5.41) is 14.0. The molecule has 0 fully saturated rings. The molecule has 3 aromatic rings. The van der Waals surface area contributed by atoms with Crippen LogP contribution in [0.25, 0.3) is 5.69 Å². The molecule has 0 aliphatic carbocycles. The van der Waals surface area contributed by atoms with Crippen LogP contribution < -0.4 is 4.74 Å². The van der Waals surface area contributed by atoms with E-state index in [1.54, 1.807) is 24.3 Å². The largest absolute Gasteiger partial charge is 0.494 e. The molecule has 0 spiro atoms. The van der Waals surface area contributed by atoms with Gasteiger partial charge in [-0.15, -0.1) is 0 Å². The molecule has 0 saturated carbocycles. The summed E-state index contributed by atoms with van der Waals surface area (Å²) < 4.78 is 7.12. The second kappa shape index (κ2) is 6.64. The molecule has 8 nitrogen and oxygen atoms in total. The number of aliphatic carboxylic acids is 1. The Hall–Kier alpha value is -3.13. The minimum Gasteiger partial charge on any atom is -0.494 e. The highest BCUT2D eigenvalue weighted by atomic mass is 16.5. The quantitative estimate of drug-likeness (QED) is 0.723. The van der Waals surface area contributed by atoms with Crippen LogP contribution in [-0.2, 0) is 24.3 Å². The molecule has 1 aliphatic heterocycles. The number of H-pyrrole nitrogens is 1. The summed E-state index contributed by atoms with van der Waals surface area (Å²) in [6, 6.07) is 7.03. The first-order valence-corrected chi connectivity index (χ1v) is 8.30. The minimum absolute atomic E-state index is 0.398. The van der Waals surface area contributed by atoms with Crippen molar-refractivity contribution in [3.8, 4) is 11.4 Å². The molecule has 134 valence electrons. The van der Waals surface area contributed by atoms with Gasteiger partial charge in [0.1, 0.15) is 17.5 Å². The Bertz CT molecular complexity index is 932. The van der Waals surface area contributed by atoms with Gasteiger partial charge in [0, 0.05) is 31.3 Å². The summed E-state index contributed by atoms with van der Waals surface area (Å²) in [7, 11) is 1.62. The van der Waals surface area contributed by atoms with Gasteiger partial charge < -0.3 is 14.8 Å². The summed E-state index contributed by atoms with van der Waals surface area (Å²) in [5.41, 5.74) is 3.58. The lowest BCUT2D eigenvalue weighted by atomic mass is 10.0. The molecule has 3 heterocycles. The van der Waals surface area contributed by atoms with Crippen LogP contribution in [0.2, 0.25) is 0 Å². The standard InChI is InChI=1S/C18H19N5O3/c1-26-17-5-3-2-4-15(17)23-9-12(7-21-23)8-22-10-14-13(19-11-20-14)6-16(22)18(24)25/h2-5,7,9,11,16H,6,8,10H2,1H3,(H,19,20)(H,24,25)/t16-/m0/s1. The molecule has 8 heteroatoms. The SMILES string of the molecule is COc1ccccc1-n1cc(CN2Cc3[nH]cnc3C[C@H]2C(=O)O)cn1. The minimum atomic E-state index is -0.837. The lowest BCUT2D eigenvalue weighted by Crippen LogP contribution is -2.45. The summed E-state index contributed by atoms with van der Waals surface area (Å²) in [5.74, 6) is -0.110. The van der Waals surface area contributed by atoms with Crippen LogP contribution in [0.5, 0.6) is 5.75 Å². The second-order valence-corrected chi connectivity index (χ2v) is 6.26. The second-order valence-electron chi connectivity index (χ2n) is 6.26. The third-order valence-corrected chi connectivity index (χ3v) is 4.63. The third-order valence-electron chi connectivity index (χ3n) is 4.63. The maximum Gasteiger partial charge on any atom is 0.321 e. The van der Waals surface area contributed by atoms with Gasteiger partial charge in [0.15, 0.2) is 0 Å². The Kier molecular flexibility index (Phi) is 4.18. The van der Waals surface area contributed by atoms with E-state index in [0.717, 1.165) is 28.4 Å². The van der Waals surface area contributed by atoms with E-state index < -0.39 is 12.0 Å². The average molecular weight is 353 g/mol. The third kappa shape index (κ3) is 2.95. The van der Waals surface area contributed by atoms with Crippen molar-refractivity contribution in [2.75, 3.05) is 7.11 Å². The number of nitrogens with one attached hydrogen (secondary N) is 1. The fraction of sp³-hybridized carbons (Fsp3) is 0.278. The summed E-state index contributed by atoms with van der Waals surface area (Å²) >= 11 is 0. The number of methoxy groups -OCH3 is 1. The molecule has 1 aliphatic rings. The van der Waals surface area contributed by atoms with E-state index in [0.29, 0.717) is 19.5 Å². The van der Waals surface area contributed by atoms with Crippen molar-refractivity contribution in [1.82, 2.24) is 24.6 Å². The maximum atomic E-state index is 11.7.